The van der Waals surface area contributed by atoms with Crippen molar-refractivity contribution in [3.8, 4) is 0 Å². The Kier molecular flexibility index (Phi) is 3.90. The van der Waals surface area contributed by atoms with Gasteiger partial charge in [0.25, 0.3) is 0 Å². The summed E-state index contributed by atoms with van der Waals surface area (Å²) in [4.78, 5) is 14.3. The van der Waals surface area contributed by atoms with E-state index in [1.54, 1.807) is 0 Å². The van der Waals surface area contributed by atoms with Crippen molar-refractivity contribution < 1.29 is 4.79 Å². The molecule has 0 aliphatic carbocycles. The van der Waals surface area contributed by atoms with Crippen molar-refractivity contribution in [2.75, 3.05) is 16.8 Å². The number of para-hydroxylation sites is 2. The normalized spacial score (nSPS) is 18.8. The average molecular weight is 246 g/mol. The smallest absolute Gasteiger partial charge is 0.249 e. The van der Waals surface area contributed by atoms with Gasteiger partial charge in [-0.3, -0.25) is 4.79 Å². The summed E-state index contributed by atoms with van der Waals surface area (Å²) < 4.78 is 0. The predicted octanol–water partition coefficient (Wildman–Crippen LogP) is 3.27. The molecule has 1 heterocycles. The minimum absolute atomic E-state index is 0.0768. The predicted molar refractivity (Wildman–Crippen MR) is 76.0 cm³/mol. The lowest BCUT2D eigenvalue weighted by Crippen LogP contribution is -2.47. The standard InChI is InChI=1S/C15H22N2O/c1-4-12-15(18)17(10-9-11(2)3)14-8-6-5-7-13(14)16-12/h5-8,11-12,16H,4,9-10H2,1-3H3. The fourth-order valence-corrected chi connectivity index (χ4v) is 2.28. The summed E-state index contributed by atoms with van der Waals surface area (Å²) >= 11 is 0. The van der Waals surface area contributed by atoms with Crippen LogP contribution < -0.4 is 10.2 Å². The minimum atomic E-state index is -0.0768. The third-order valence-corrected chi connectivity index (χ3v) is 3.43. The van der Waals surface area contributed by atoms with Crippen LogP contribution in [0.2, 0.25) is 0 Å². The van der Waals surface area contributed by atoms with Gasteiger partial charge in [0.05, 0.1) is 11.4 Å². The molecular weight excluding hydrogens is 224 g/mol. The Balaban J connectivity index is 2.27. The molecule has 1 amide bonds. The van der Waals surface area contributed by atoms with E-state index in [1.165, 1.54) is 0 Å². The van der Waals surface area contributed by atoms with Crippen LogP contribution in [-0.2, 0) is 4.79 Å². The van der Waals surface area contributed by atoms with E-state index in [2.05, 4.69) is 19.2 Å². The van der Waals surface area contributed by atoms with E-state index in [9.17, 15) is 4.79 Å². The Morgan fingerprint density at radius 2 is 2.06 bits per heavy atom. The van der Waals surface area contributed by atoms with E-state index < -0.39 is 0 Å². The van der Waals surface area contributed by atoms with E-state index in [0.717, 1.165) is 30.8 Å². The molecule has 1 unspecified atom stereocenters. The first-order chi connectivity index (χ1) is 8.63. The third kappa shape index (κ3) is 2.50. The van der Waals surface area contributed by atoms with Crippen molar-refractivity contribution in [2.45, 2.75) is 39.7 Å². The van der Waals surface area contributed by atoms with Gasteiger partial charge in [-0.15, -0.1) is 0 Å². The third-order valence-electron chi connectivity index (χ3n) is 3.43. The number of anilines is 2. The molecule has 2 rings (SSSR count). The quantitative estimate of drug-likeness (QED) is 0.884. The number of carbonyl (C=O) groups is 1. The van der Waals surface area contributed by atoms with Crippen molar-refractivity contribution in [3.05, 3.63) is 24.3 Å². The number of fused-ring (bicyclic) bond motifs is 1. The van der Waals surface area contributed by atoms with E-state index in [0.29, 0.717) is 5.92 Å². The van der Waals surface area contributed by atoms with Gasteiger partial charge < -0.3 is 10.2 Å². The van der Waals surface area contributed by atoms with Crippen molar-refractivity contribution in [1.82, 2.24) is 0 Å². The maximum Gasteiger partial charge on any atom is 0.249 e. The number of rotatable bonds is 4. The van der Waals surface area contributed by atoms with Gasteiger partial charge >= 0.3 is 0 Å². The van der Waals surface area contributed by atoms with E-state index in [4.69, 9.17) is 0 Å². The second-order valence-electron chi connectivity index (χ2n) is 5.29. The largest absolute Gasteiger partial charge is 0.372 e. The Labute approximate surface area is 109 Å². The molecule has 0 spiro atoms. The zero-order valence-electron chi connectivity index (χ0n) is 11.4. The van der Waals surface area contributed by atoms with E-state index in [-0.39, 0.29) is 11.9 Å². The second kappa shape index (κ2) is 5.42. The van der Waals surface area contributed by atoms with Crippen molar-refractivity contribution in [1.29, 1.82) is 0 Å². The van der Waals surface area contributed by atoms with Crippen molar-refractivity contribution in [3.63, 3.8) is 0 Å². The van der Waals surface area contributed by atoms with E-state index in [1.807, 2.05) is 36.1 Å². The number of carbonyl (C=O) groups excluding carboxylic acids is 1. The molecule has 3 heteroatoms. The van der Waals surface area contributed by atoms with E-state index >= 15 is 0 Å². The summed E-state index contributed by atoms with van der Waals surface area (Å²) in [5.41, 5.74) is 2.10. The van der Waals surface area contributed by atoms with Crippen LogP contribution >= 0.6 is 0 Å². The number of nitrogens with zero attached hydrogens (tertiary/aromatic N) is 1. The zero-order chi connectivity index (χ0) is 13.1. The van der Waals surface area contributed by atoms with Gasteiger partial charge in [0.1, 0.15) is 6.04 Å². The Morgan fingerprint density at radius 3 is 2.72 bits per heavy atom. The number of benzene rings is 1. The molecule has 98 valence electrons. The molecule has 3 nitrogen and oxygen atoms in total. The van der Waals surface area contributed by atoms with Gasteiger partial charge in [-0.05, 0) is 30.9 Å². The molecule has 1 N–H and O–H groups in total. The molecule has 1 aromatic carbocycles. The molecule has 0 radical (unpaired) electrons. The maximum absolute atomic E-state index is 12.4. The highest BCUT2D eigenvalue weighted by Gasteiger charge is 2.30. The fourth-order valence-electron chi connectivity index (χ4n) is 2.28. The number of hydrogen-bond acceptors (Lipinski definition) is 2. The molecular formula is C15H22N2O. The van der Waals surface area contributed by atoms with Crippen LogP contribution in [0.25, 0.3) is 0 Å². The molecule has 18 heavy (non-hydrogen) atoms. The first-order valence-corrected chi connectivity index (χ1v) is 6.80. The molecule has 0 saturated carbocycles. The van der Waals surface area contributed by atoms with Crippen LogP contribution in [-0.4, -0.2) is 18.5 Å². The van der Waals surface area contributed by atoms with Gasteiger partial charge in [0.15, 0.2) is 0 Å². The Morgan fingerprint density at radius 1 is 1.33 bits per heavy atom. The monoisotopic (exact) mass is 246 g/mol. The molecule has 0 aromatic heterocycles. The van der Waals surface area contributed by atoms with Crippen LogP contribution in [0.15, 0.2) is 24.3 Å². The summed E-state index contributed by atoms with van der Waals surface area (Å²) in [7, 11) is 0. The highest BCUT2D eigenvalue weighted by atomic mass is 16.2. The van der Waals surface area contributed by atoms with Gasteiger partial charge in [-0.25, -0.2) is 0 Å². The Bertz CT molecular complexity index is 428. The summed E-state index contributed by atoms with van der Waals surface area (Å²) in [5, 5.41) is 3.32. The first-order valence-electron chi connectivity index (χ1n) is 6.80. The minimum Gasteiger partial charge on any atom is -0.372 e. The molecule has 1 atom stereocenters. The van der Waals surface area contributed by atoms with Crippen LogP contribution in [0.3, 0.4) is 0 Å². The SMILES string of the molecule is CCC1Nc2ccccc2N(CCC(C)C)C1=O. The summed E-state index contributed by atoms with van der Waals surface area (Å²) in [5.74, 6) is 0.816. The first kappa shape index (κ1) is 12.9. The number of nitrogens with one attached hydrogen (secondary N) is 1. The van der Waals surface area contributed by atoms with Crippen LogP contribution in [0, 0.1) is 5.92 Å². The van der Waals surface area contributed by atoms with Gasteiger partial charge in [0, 0.05) is 6.54 Å². The highest BCUT2D eigenvalue weighted by molar-refractivity contribution is 6.04. The van der Waals surface area contributed by atoms with Crippen molar-refractivity contribution in [2.24, 2.45) is 5.92 Å². The molecule has 0 saturated heterocycles. The fraction of sp³-hybridized carbons (Fsp3) is 0.533. The molecule has 1 aromatic rings. The van der Waals surface area contributed by atoms with Gasteiger partial charge in [0.2, 0.25) is 5.91 Å². The Hall–Kier alpha value is -1.51. The van der Waals surface area contributed by atoms with Gasteiger partial charge in [-0.2, -0.15) is 0 Å². The molecule has 0 fully saturated rings. The summed E-state index contributed by atoms with van der Waals surface area (Å²) in [6.45, 7) is 7.24. The molecule has 1 aliphatic rings. The van der Waals surface area contributed by atoms with Crippen LogP contribution in [0.5, 0.6) is 0 Å². The molecule has 0 bridgehead atoms. The van der Waals surface area contributed by atoms with Gasteiger partial charge in [-0.1, -0.05) is 32.9 Å². The average Bonchev–Trinajstić information content (AvgIpc) is 2.36. The summed E-state index contributed by atoms with van der Waals surface area (Å²) in [6.07, 6.45) is 1.86. The lowest BCUT2D eigenvalue weighted by atomic mass is 10.0. The lowest BCUT2D eigenvalue weighted by Gasteiger charge is -2.35. The van der Waals surface area contributed by atoms with Crippen LogP contribution in [0.1, 0.15) is 33.6 Å². The second-order valence-corrected chi connectivity index (χ2v) is 5.29. The van der Waals surface area contributed by atoms with Crippen molar-refractivity contribution >= 4 is 17.3 Å². The highest BCUT2D eigenvalue weighted by Crippen LogP contribution is 2.32. The molecule has 1 aliphatic heterocycles. The number of amides is 1. The summed E-state index contributed by atoms with van der Waals surface area (Å²) in [6, 6.07) is 7.99. The topological polar surface area (TPSA) is 32.3 Å². The lowest BCUT2D eigenvalue weighted by molar-refractivity contribution is -0.119. The maximum atomic E-state index is 12.4. The number of hydrogen-bond donors (Lipinski definition) is 1. The zero-order valence-corrected chi connectivity index (χ0v) is 11.4. The van der Waals surface area contributed by atoms with Crippen LogP contribution in [0.4, 0.5) is 11.4 Å².